The summed E-state index contributed by atoms with van der Waals surface area (Å²) in [5.74, 6) is 0. The van der Waals surface area contributed by atoms with Crippen LogP contribution in [-0.4, -0.2) is 4.57 Å². The highest BCUT2D eigenvalue weighted by Crippen LogP contribution is 2.43. The second-order valence-corrected chi connectivity index (χ2v) is 6.56. The average molecular weight is 310 g/mol. The molecule has 1 aromatic heterocycles. The van der Waals surface area contributed by atoms with Crippen molar-refractivity contribution in [3.05, 3.63) is 96.2 Å². The summed E-state index contributed by atoms with van der Waals surface area (Å²) in [6.07, 6.45) is 0. The average Bonchev–Trinajstić information content (AvgIpc) is 3.03. The highest BCUT2D eigenvalue weighted by atomic mass is 15.1. The fourth-order valence-corrected chi connectivity index (χ4v) is 3.88. The second-order valence-electron chi connectivity index (χ2n) is 6.56. The molecule has 1 atom stereocenters. The van der Waals surface area contributed by atoms with Crippen LogP contribution in [0.15, 0.2) is 84.9 Å². The van der Waals surface area contributed by atoms with Crippen molar-refractivity contribution in [3.63, 3.8) is 0 Å². The van der Waals surface area contributed by atoms with Crippen molar-refractivity contribution in [2.75, 3.05) is 5.32 Å². The van der Waals surface area contributed by atoms with Crippen LogP contribution >= 0.6 is 0 Å². The predicted octanol–water partition coefficient (Wildman–Crippen LogP) is 5.32. The lowest BCUT2D eigenvalue weighted by Gasteiger charge is -2.39. The zero-order valence-corrected chi connectivity index (χ0v) is 13.5. The quantitative estimate of drug-likeness (QED) is 0.503. The van der Waals surface area contributed by atoms with Crippen molar-refractivity contribution < 1.29 is 0 Å². The van der Waals surface area contributed by atoms with Crippen LogP contribution in [0.4, 0.5) is 5.69 Å². The van der Waals surface area contributed by atoms with E-state index in [9.17, 15) is 0 Å². The first-order valence-corrected chi connectivity index (χ1v) is 8.31. The molecule has 2 heterocycles. The summed E-state index contributed by atoms with van der Waals surface area (Å²) < 4.78 is 2.40. The van der Waals surface area contributed by atoms with E-state index < -0.39 is 0 Å². The molecule has 0 radical (unpaired) electrons. The molecule has 0 aliphatic carbocycles. The molecule has 2 nitrogen and oxygen atoms in total. The minimum atomic E-state index is -0.269. The lowest BCUT2D eigenvalue weighted by atomic mass is 9.86. The van der Waals surface area contributed by atoms with Crippen LogP contribution in [0.5, 0.6) is 0 Å². The third-order valence-electron chi connectivity index (χ3n) is 5.10. The van der Waals surface area contributed by atoms with Crippen molar-refractivity contribution >= 4 is 16.6 Å². The number of rotatable bonds is 1. The second kappa shape index (κ2) is 4.75. The first-order chi connectivity index (χ1) is 11.8. The third kappa shape index (κ3) is 1.71. The summed E-state index contributed by atoms with van der Waals surface area (Å²) in [7, 11) is 0. The number of fused-ring (bicyclic) bond motifs is 5. The summed E-state index contributed by atoms with van der Waals surface area (Å²) in [6.45, 7) is 2.27. The van der Waals surface area contributed by atoms with E-state index in [0.29, 0.717) is 0 Å². The van der Waals surface area contributed by atoms with Gasteiger partial charge in [-0.2, -0.15) is 0 Å². The maximum atomic E-state index is 3.79. The fourth-order valence-electron chi connectivity index (χ4n) is 3.88. The van der Waals surface area contributed by atoms with Crippen LogP contribution in [0, 0.1) is 0 Å². The van der Waals surface area contributed by atoms with Gasteiger partial charge in [0.2, 0.25) is 0 Å². The Morgan fingerprint density at radius 2 is 1.50 bits per heavy atom. The molecule has 1 unspecified atom stereocenters. The molecule has 4 aromatic rings. The van der Waals surface area contributed by atoms with E-state index in [4.69, 9.17) is 0 Å². The van der Waals surface area contributed by atoms with Crippen molar-refractivity contribution in [2.24, 2.45) is 0 Å². The zero-order chi connectivity index (χ0) is 16.1. The van der Waals surface area contributed by atoms with Gasteiger partial charge in [-0.1, -0.05) is 60.7 Å². The van der Waals surface area contributed by atoms with Gasteiger partial charge in [-0.25, -0.2) is 0 Å². The third-order valence-corrected chi connectivity index (χ3v) is 5.10. The number of aromatic nitrogens is 1. The monoisotopic (exact) mass is 310 g/mol. The largest absolute Gasteiger partial charge is 0.369 e. The van der Waals surface area contributed by atoms with Gasteiger partial charge in [0.25, 0.3) is 0 Å². The number of para-hydroxylation sites is 3. The van der Waals surface area contributed by atoms with E-state index in [1.54, 1.807) is 0 Å². The van der Waals surface area contributed by atoms with Crippen LogP contribution in [0.2, 0.25) is 0 Å². The molecule has 0 amide bonds. The molecule has 116 valence electrons. The summed E-state index contributed by atoms with van der Waals surface area (Å²) in [6, 6.07) is 30.1. The molecule has 24 heavy (non-hydrogen) atoms. The molecular formula is C22H18N2. The Labute approximate surface area is 141 Å². The first kappa shape index (κ1) is 13.4. The number of hydrogen-bond acceptors (Lipinski definition) is 1. The molecule has 1 aliphatic rings. The molecule has 1 aliphatic heterocycles. The zero-order valence-electron chi connectivity index (χ0n) is 13.5. The summed E-state index contributed by atoms with van der Waals surface area (Å²) in [5, 5.41) is 5.06. The van der Waals surface area contributed by atoms with Gasteiger partial charge in [0.05, 0.1) is 22.6 Å². The predicted molar refractivity (Wildman–Crippen MR) is 99.8 cm³/mol. The van der Waals surface area contributed by atoms with E-state index in [-0.39, 0.29) is 5.54 Å². The Kier molecular flexibility index (Phi) is 2.66. The van der Waals surface area contributed by atoms with Crippen molar-refractivity contribution in [1.82, 2.24) is 4.57 Å². The van der Waals surface area contributed by atoms with Gasteiger partial charge in [-0.05, 0) is 36.8 Å². The molecule has 1 N–H and O–H groups in total. The number of nitrogens with one attached hydrogen (secondary N) is 1. The van der Waals surface area contributed by atoms with Gasteiger partial charge in [0.1, 0.15) is 5.54 Å². The number of anilines is 1. The first-order valence-electron chi connectivity index (χ1n) is 8.31. The van der Waals surface area contributed by atoms with Crippen LogP contribution in [0.1, 0.15) is 18.2 Å². The van der Waals surface area contributed by atoms with Crippen LogP contribution < -0.4 is 5.32 Å². The number of hydrogen-bond donors (Lipinski definition) is 1. The topological polar surface area (TPSA) is 17.0 Å². The Bertz CT molecular complexity index is 1050. The maximum Gasteiger partial charge on any atom is 0.101 e. The van der Waals surface area contributed by atoms with Gasteiger partial charge in [-0.3, -0.25) is 0 Å². The normalized spacial score (nSPS) is 18.7. The molecule has 3 aromatic carbocycles. The van der Waals surface area contributed by atoms with Gasteiger partial charge in [-0.15, -0.1) is 0 Å². The van der Waals surface area contributed by atoms with Crippen LogP contribution in [0.25, 0.3) is 16.6 Å². The summed E-state index contributed by atoms with van der Waals surface area (Å²) in [5.41, 5.74) is 5.90. The van der Waals surface area contributed by atoms with Gasteiger partial charge in [0, 0.05) is 5.39 Å². The lowest BCUT2D eigenvalue weighted by Crippen LogP contribution is -2.38. The minimum absolute atomic E-state index is 0.269. The van der Waals surface area contributed by atoms with E-state index in [1.807, 2.05) is 0 Å². The maximum absolute atomic E-state index is 3.79. The Hall–Kier alpha value is -3.00. The fraction of sp³-hybridized carbons (Fsp3) is 0.0909. The standard InChI is InChI=1S/C22H18N2/c1-22(17-10-3-2-4-11-17)21-15-16-9-5-7-13-19(16)24(21)20-14-8-6-12-18(20)23-22/h2-15,23H,1H3. The summed E-state index contributed by atoms with van der Waals surface area (Å²) >= 11 is 0. The Morgan fingerprint density at radius 3 is 2.38 bits per heavy atom. The lowest BCUT2D eigenvalue weighted by molar-refractivity contribution is 0.608. The van der Waals surface area contributed by atoms with E-state index in [0.717, 1.165) is 5.69 Å². The van der Waals surface area contributed by atoms with E-state index in [1.165, 1.54) is 27.8 Å². The van der Waals surface area contributed by atoms with E-state index >= 15 is 0 Å². The summed E-state index contributed by atoms with van der Waals surface area (Å²) in [4.78, 5) is 0. The molecule has 0 bridgehead atoms. The van der Waals surface area contributed by atoms with Gasteiger partial charge >= 0.3 is 0 Å². The molecule has 0 saturated carbocycles. The molecule has 0 saturated heterocycles. The highest BCUT2D eigenvalue weighted by molar-refractivity contribution is 5.87. The van der Waals surface area contributed by atoms with Crippen molar-refractivity contribution in [3.8, 4) is 5.69 Å². The Balaban J connectivity index is 1.90. The SMILES string of the molecule is CC1(c2ccccc2)Nc2ccccc2-n2c1cc1ccccc12. The molecule has 2 heteroatoms. The van der Waals surface area contributed by atoms with Crippen molar-refractivity contribution in [2.45, 2.75) is 12.5 Å². The van der Waals surface area contributed by atoms with Gasteiger partial charge in [0.15, 0.2) is 0 Å². The van der Waals surface area contributed by atoms with Crippen LogP contribution in [0.3, 0.4) is 0 Å². The van der Waals surface area contributed by atoms with E-state index in [2.05, 4.69) is 102 Å². The smallest absolute Gasteiger partial charge is 0.101 e. The Morgan fingerprint density at radius 1 is 0.792 bits per heavy atom. The number of nitrogens with zero attached hydrogens (tertiary/aromatic N) is 1. The molecule has 0 fully saturated rings. The number of benzene rings is 3. The van der Waals surface area contributed by atoms with Crippen LogP contribution in [-0.2, 0) is 5.54 Å². The van der Waals surface area contributed by atoms with Gasteiger partial charge < -0.3 is 9.88 Å². The van der Waals surface area contributed by atoms with Crippen molar-refractivity contribution in [1.29, 1.82) is 0 Å². The minimum Gasteiger partial charge on any atom is -0.369 e. The molecule has 0 spiro atoms. The molecule has 5 rings (SSSR count). The molecular weight excluding hydrogens is 292 g/mol. The highest BCUT2D eigenvalue weighted by Gasteiger charge is 2.37.